The Labute approximate surface area is 197 Å². The number of nitriles is 1. The number of carbonyl (C=O) groups is 3. The van der Waals surface area contributed by atoms with E-state index >= 15 is 0 Å². The van der Waals surface area contributed by atoms with E-state index in [1.165, 1.54) is 42.6 Å². The lowest BCUT2D eigenvalue weighted by Crippen LogP contribution is -2.44. The number of fused-ring (bicyclic) bond motifs is 1. The molecule has 34 heavy (non-hydrogen) atoms. The van der Waals surface area contributed by atoms with E-state index in [0.29, 0.717) is 22.1 Å². The summed E-state index contributed by atoms with van der Waals surface area (Å²) in [4.78, 5) is 42.4. The maximum Gasteiger partial charge on any atom is 0.330 e. The highest BCUT2D eigenvalue weighted by molar-refractivity contribution is 6.31. The third-order valence-corrected chi connectivity index (χ3v) is 5.55. The van der Waals surface area contributed by atoms with Gasteiger partial charge >= 0.3 is 6.03 Å². The molecule has 11 heteroatoms. The smallest absolute Gasteiger partial charge is 0.330 e. The van der Waals surface area contributed by atoms with E-state index in [1.807, 2.05) is 6.07 Å². The number of imide groups is 1. The van der Waals surface area contributed by atoms with Crippen molar-refractivity contribution >= 4 is 46.4 Å². The molecule has 172 valence electrons. The Morgan fingerprint density at radius 3 is 2.68 bits per heavy atom. The van der Waals surface area contributed by atoms with Crippen LogP contribution in [0, 0.1) is 17.1 Å². The molecule has 1 aliphatic heterocycles. The average Bonchev–Trinajstić information content (AvgIpc) is 3.37. The number of H-pyrrole nitrogens is 1. The maximum absolute atomic E-state index is 14.3. The molecular weight excluding hydrogens is 465 g/mol. The second-order valence-corrected chi connectivity index (χ2v) is 7.75. The van der Waals surface area contributed by atoms with Crippen molar-refractivity contribution in [2.24, 2.45) is 0 Å². The van der Waals surface area contributed by atoms with Crippen LogP contribution < -0.4 is 10.6 Å². The van der Waals surface area contributed by atoms with Crippen LogP contribution in [0.15, 0.2) is 48.3 Å². The van der Waals surface area contributed by atoms with Crippen LogP contribution in [0.2, 0.25) is 5.02 Å². The normalized spacial score (nSPS) is 15.5. The minimum absolute atomic E-state index is 0.0656. The van der Waals surface area contributed by atoms with Crippen molar-refractivity contribution in [3.05, 3.63) is 75.8 Å². The van der Waals surface area contributed by atoms with Gasteiger partial charge in [0.05, 0.1) is 28.8 Å². The van der Waals surface area contributed by atoms with Gasteiger partial charge in [-0.2, -0.15) is 5.26 Å². The maximum atomic E-state index is 14.3. The van der Waals surface area contributed by atoms with Crippen molar-refractivity contribution in [1.29, 1.82) is 5.26 Å². The van der Waals surface area contributed by atoms with Gasteiger partial charge in [0, 0.05) is 23.7 Å². The quantitative estimate of drug-likeness (QED) is 0.316. The van der Waals surface area contributed by atoms with Crippen LogP contribution in [0.3, 0.4) is 0 Å². The molecule has 4 N–H and O–H groups in total. The molecule has 0 radical (unpaired) electrons. The highest BCUT2D eigenvalue weighted by atomic mass is 35.5. The average molecular weight is 482 g/mol. The number of amides is 4. The van der Waals surface area contributed by atoms with Crippen LogP contribution in [0.25, 0.3) is 17.0 Å². The molecule has 1 aromatic heterocycles. The number of hydrogen-bond donors (Lipinski definition) is 4. The first kappa shape index (κ1) is 23.0. The largest absolute Gasteiger partial charge is 0.395 e. The topological polar surface area (TPSA) is 138 Å². The number of benzene rings is 2. The van der Waals surface area contributed by atoms with Crippen molar-refractivity contribution in [2.45, 2.75) is 6.04 Å². The Kier molecular flexibility index (Phi) is 6.32. The molecule has 1 atom stereocenters. The number of carbonyl (C=O) groups excluding carboxylic acids is 3. The van der Waals surface area contributed by atoms with Gasteiger partial charge in [0.15, 0.2) is 5.82 Å². The van der Waals surface area contributed by atoms with Crippen molar-refractivity contribution in [3.63, 3.8) is 0 Å². The Morgan fingerprint density at radius 2 is 2.00 bits per heavy atom. The minimum Gasteiger partial charge on any atom is -0.395 e. The van der Waals surface area contributed by atoms with Crippen LogP contribution in [0.1, 0.15) is 22.7 Å². The number of nitrogens with one attached hydrogen (secondary N) is 3. The standard InChI is InChI=1S/C23H17ClFN5O4/c24-16-6-5-15-14(11-28-19(15)18(16)25)9-17-22(33)30(23(34)29-17)20(21(32)27-7-8-31)13-3-1-12(10-26)2-4-13/h1-6,9,11,20,28,31H,7-8H2,(H,27,32)(H,29,34)/b17-9-. The van der Waals surface area contributed by atoms with Gasteiger partial charge in [0.25, 0.3) is 5.91 Å². The van der Waals surface area contributed by atoms with Gasteiger partial charge in [-0.3, -0.25) is 9.59 Å². The Balaban J connectivity index is 1.72. The summed E-state index contributed by atoms with van der Waals surface area (Å²) in [7, 11) is 0. The van der Waals surface area contributed by atoms with E-state index in [9.17, 15) is 18.8 Å². The number of rotatable bonds is 6. The highest BCUT2D eigenvalue weighted by Gasteiger charge is 2.42. The first-order chi connectivity index (χ1) is 16.3. The molecule has 2 aromatic carbocycles. The monoisotopic (exact) mass is 481 g/mol. The second-order valence-electron chi connectivity index (χ2n) is 7.34. The summed E-state index contributed by atoms with van der Waals surface area (Å²) in [6, 6.07) is 8.58. The van der Waals surface area contributed by atoms with Gasteiger partial charge in [-0.25, -0.2) is 14.1 Å². The molecule has 0 spiro atoms. The van der Waals surface area contributed by atoms with Crippen molar-refractivity contribution in [3.8, 4) is 6.07 Å². The molecule has 9 nitrogen and oxygen atoms in total. The van der Waals surface area contributed by atoms with E-state index in [-0.39, 0.29) is 29.4 Å². The van der Waals surface area contributed by atoms with Crippen LogP contribution in [-0.4, -0.2) is 46.0 Å². The van der Waals surface area contributed by atoms with Gasteiger partial charge in [-0.1, -0.05) is 29.8 Å². The summed E-state index contributed by atoms with van der Waals surface area (Å²) in [5.74, 6) is -2.11. The molecule has 1 saturated heterocycles. The lowest BCUT2D eigenvalue weighted by molar-refractivity contribution is -0.133. The van der Waals surface area contributed by atoms with Crippen molar-refractivity contribution in [1.82, 2.24) is 20.5 Å². The molecule has 4 amide bonds. The van der Waals surface area contributed by atoms with E-state index in [1.54, 1.807) is 6.07 Å². The zero-order valence-corrected chi connectivity index (χ0v) is 18.2. The summed E-state index contributed by atoms with van der Waals surface area (Å²) in [5, 5.41) is 23.4. The van der Waals surface area contributed by atoms with Crippen molar-refractivity contribution in [2.75, 3.05) is 13.2 Å². The Bertz CT molecular complexity index is 1380. The molecular formula is C23H17ClFN5O4. The summed E-state index contributed by atoms with van der Waals surface area (Å²) >= 11 is 5.81. The lowest BCUT2D eigenvalue weighted by atomic mass is 10.0. The summed E-state index contributed by atoms with van der Waals surface area (Å²) in [6.45, 7) is -0.417. The molecule has 3 aromatic rings. The van der Waals surface area contributed by atoms with E-state index in [0.717, 1.165) is 4.90 Å². The number of hydrogen-bond acceptors (Lipinski definition) is 5. The summed E-state index contributed by atoms with van der Waals surface area (Å²) < 4.78 is 14.3. The SMILES string of the molecule is N#Cc1ccc(C(C(=O)NCCO)N2C(=O)N/C(=C\c3c[nH]c4c(F)c(Cl)ccc34)C2=O)cc1. The van der Waals surface area contributed by atoms with E-state index in [4.69, 9.17) is 22.0 Å². The summed E-state index contributed by atoms with van der Waals surface area (Å²) in [6.07, 6.45) is 2.83. The first-order valence-electron chi connectivity index (χ1n) is 10.1. The predicted molar refractivity (Wildman–Crippen MR) is 121 cm³/mol. The van der Waals surface area contributed by atoms with Crippen LogP contribution in [-0.2, 0) is 9.59 Å². The van der Waals surface area contributed by atoms with Crippen LogP contribution >= 0.6 is 11.6 Å². The van der Waals surface area contributed by atoms with Crippen molar-refractivity contribution < 1.29 is 23.9 Å². The fourth-order valence-electron chi connectivity index (χ4n) is 3.65. The molecule has 0 saturated carbocycles. The van der Waals surface area contributed by atoms with E-state index < -0.39 is 29.7 Å². The summed E-state index contributed by atoms with van der Waals surface area (Å²) in [5.41, 5.74) is 1.09. The van der Waals surface area contributed by atoms with Crippen LogP contribution in [0.5, 0.6) is 0 Å². The minimum atomic E-state index is -1.35. The number of nitrogens with zero attached hydrogens (tertiary/aromatic N) is 2. The molecule has 1 aliphatic rings. The third-order valence-electron chi connectivity index (χ3n) is 5.26. The molecule has 1 fully saturated rings. The Morgan fingerprint density at radius 1 is 1.26 bits per heavy atom. The second kappa shape index (κ2) is 9.35. The van der Waals surface area contributed by atoms with Gasteiger partial charge < -0.3 is 20.7 Å². The zero-order chi connectivity index (χ0) is 24.4. The molecule has 0 bridgehead atoms. The zero-order valence-electron chi connectivity index (χ0n) is 17.4. The van der Waals surface area contributed by atoms with Gasteiger partial charge in [-0.15, -0.1) is 0 Å². The lowest BCUT2D eigenvalue weighted by Gasteiger charge is -2.24. The third kappa shape index (κ3) is 4.10. The first-order valence-corrected chi connectivity index (χ1v) is 10.4. The van der Waals surface area contributed by atoms with E-state index in [2.05, 4.69) is 15.6 Å². The Hall–Kier alpha value is -4.20. The predicted octanol–water partition coefficient (Wildman–Crippen LogP) is 2.57. The fraction of sp³-hybridized carbons (Fsp3) is 0.130. The number of urea groups is 1. The highest BCUT2D eigenvalue weighted by Crippen LogP contribution is 2.30. The molecule has 2 heterocycles. The molecule has 0 aliphatic carbocycles. The van der Waals surface area contributed by atoms with Crippen LogP contribution in [0.4, 0.5) is 9.18 Å². The van der Waals surface area contributed by atoms with Gasteiger partial charge in [0.2, 0.25) is 5.91 Å². The number of aliphatic hydroxyl groups is 1. The number of aliphatic hydroxyl groups excluding tert-OH is 1. The molecule has 1 unspecified atom stereocenters. The van der Waals surface area contributed by atoms with Gasteiger partial charge in [-0.05, 0) is 29.8 Å². The number of aromatic nitrogens is 1. The fourth-order valence-corrected chi connectivity index (χ4v) is 3.81. The molecule has 4 rings (SSSR count). The number of halogens is 2. The van der Waals surface area contributed by atoms with Gasteiger partial charge in [0.1, 0.15) is 11.7 Å². The number of aromatic amines is 1.